The number of benzene rings is 1. The molecule has 0 aliphatic rings. The molecule has 0 saturated heterocycles. The second-order valence-electron chi connectivity index (χ2n) is 5.44. The molecule has 5 nitrogen and oxygen atoms in total. The first-order valence-corrected chi connectivity index (χ1v) is 8.54. The Bertz CT molecular complexity index is 1050. The third-order valence-corrected chi connectivity index (χ3v) is 4.98. The topological polar surface area (TPSA) is 60.9 Å². The van der Waals surface area contributed by atoms with E-state index in [2.05, 4.69) is 9.97 Å². The second-order valence-corrected chi connectivity index (χ2v) is 6.49. The van der Waals surface area contributed by atoms with Gasteiger partial charge in [-0.2, -0.15) is 0 Å². The zero-order valence-corrected chi connectivity index (χ0v) is 13.9. The minimum atomic E-state index is -0.0663. The van der Waals surface area contributed by atoms with Gasteiger partial charge >= 0.3 is 0 Å². The van der Waals surface area contributed by atoms with Crippen molar-refractivity contribution in [2.75, 3.05) is 0 Å². The molecule has 4 rings (SSSR count). The van der Waals surface area contributed by atoms with Gasteiger partial charge in [0.1, 0.15) is 17.0 Å². The van der Waals surface area contributed by atoms with E-state index in [1.54, 1.807) is 17.1 Å². The van der Waals surface area contributed by atoms with Gasteiger partial charge in [0.05, 0.1) is 18.0 Å². The molecule has 0 saturated carbocycles. The van der Waals surface area contributed by atoms with E-state index in [1.807, 2.05) is 43.3 Å². The molecule has 0 unspecified atom stereocenters. The third kappa shape index (κ3) is 2.65. The Balaban J connectivity index is 1.73. The summed E-state index contributed by atoms with van der Waals surface area (Å²) in [6.07, 6.45) is 4.04. The van der Waals surface area contributed by atoms with Crippen LogP contribution in [0, 0.1) is 0 Å². The average Bonchev–Trinajstić information content (AvgIpc) is 3.25. The van der Waals surface area contributed by atoms with E-state index in [1.165, 1.54) is 11.3 Å². The maximum atomic E-state index is 12.7. The van der Waals surface area contributed by atoms with Crippen molar-refractivity contribution in [3.63, 3.8) is 0 Å². The molecule has 3 heterocycles. The number of thiophene rings is 1. The molecule has 0 spiro atoms. The minimum Gasteiger partial charge on any atom is -0.444 e. The summed E-state index contributed by atoms with van der Waals surface area (Å²) >= 11 is 1.46. The van der Waals surface area contributed by atoms with Gasteiger partial charge in [0.25, 0.3) is 5.56 Å². The van der Waals surface area contributed by atoms with Crippen LogP contribution in [0.5, 0.6) is 0 Å². The van der Waals surface area contributed by atoms with E-state index in [0.29, 0.717) is 17.1 Å². The molecule has 120 valence electrons. The van der Waals surface area contributed by atoms with Crippen LogP contribution >= 0.6 is 11.3 Å². The molecule has 0 aliphatic carbocycles. The van der Waals surface area contributed by atoms with E-state index in [4.69, 9.17) is 4.42 Å². The second kappa shape index (κ2) is 6.05. The van der Waals surface area contributed by atoms with Gasteiger partial charge in [-0.3, -0.25) is 9.36 Å². The molecule has 1 aromatic carbocycles. The number of hydrogen-bond donors (Lipinski definition) is 0. The fourth-order valence-corrected chi connectivity index (χ4v) is 3.60. The summed E-state index contributed by atoms with van der Waals surface area (Å²) in [6.45, 7) is 2.29. The Kier molecular flexibility index (Phi) is 3.74. The molecule has 0 amide bonds. The maximum Gasteiger partial charge on any atom is 0.271 e. The summed E-state index contributed by atoms with van der Waals surface area (Å²) in [5, 5.41) is 0. The van der Waals surface area contributed by atoms with Crippen molar-refractivity contribution in [1.29, 1.82) is 0 Å². The molecular weight excluding hydrogens is 322 g/mol. The van der Waals surface area contributed by atoms with Crippen LogP contribution in [-0.4, -0.2) is 14.5 Å². The van der Waals surface area contributed by atoms with Crippen molar-refractivity contribution >= 4 is 21.6 Å². The van der Waals surface area contributed by atoms with Crippen LogP contribution in [0.3, 0.4) is 0 Å². The highest BCUT2D eigenvalue weighted by atomic mass is 32.1. The third-order valence-electron chi connectivity index (χ3n) is 3.82. The van der Waals surface area contributed by atoms with Gasteiger partial charge in [0.2, 0.25) is 5.89 Å². The van der Waals surface area contributed by atoms with Crippen LogP contribution in [-0.2, 0) is 13.0 Å². The van der Waals surface area contributed by atoms with Gasteiger partial charge in [-0.25, -0.2) is 9.97 Å². The van der Waals surface area contributed by atoms with Crippen LogP contribution in [0.15, 0.2) is 58.1 Å². The quantitative estimate of drug-likeness (QED) is 0.569. The predicted molar refractivity (Wildman–Crippen MR) is 94.3 cm³/mol. The summed E-state index contributed by atoms with van der Waals surface area (Å²) in [5.41, 5.74) is 1.75. The number of aryl methyl sites for hydroxylation is 1. The molecule has 0 radical (unpaired) electrons. The predicted octanol–water partition coefficient (Wildman–Crippen LogP) is 3.72. The van der Waals surface area contributed by atoms with Crippen molar-refractivity contribution in [3.05, 3.63) is 70.9 Å². The summed E-state index contributed by atoms with van der Waals surface area (Å²) in [4.78, 5) is 22.4. The van der Waals surface area contributed by atoms with Crippen LogP contribution < -0.4 is 5.56 Å². The SMILES string of the molecule is CCc1cnc(Cn2cnc3cc(-c4ccccc4)sc3c2=O)o1. The van der Waals surface area contributed by atoms with E-state index >= 15 is 0 Å². The first-order chi connectivity index (χ1) is 11.7. The standard InChI is InChI=1S/C18H15N3O2S/c1-2-13-9-19-16(23-13)10-21-11-20-14-8-15(24-17(14)18(21)22)12-6-4-3-5-7-12/h3-9,11H,2,10H2,1H3. The van der Waals surface area contributed by atoms with Crippen molar-refractivity contribution in [1.82, 2.24) is 14.5 Å². The van der Waals surface area contributed by atoms with Gasteiger partial charge in [-0.1, -0.05) is 37.3 Å². The van der Waals surface area contributed by atoms with E-state index < -0.39 is 0 Å². The molecule has 0 bridgehead atoms. The zero-order chi connectivity index (χ0) is 16.5. The van der Waals surface area contributed by atoms with E-state index in [0.717, 1.165) is 28.1 Å². The lowest BCUT2D eigenvalue weighted by molar-refractivity contribution is 0.443. The lowest BCUT2D eigenvalue weighted by atomic mass is 10.2. The number of nitrogens with zero attached hydrogens (tertiary/aromatic N) is 3. The maximum absolute atomic E-state index is 12.7. The lowest BCUT2D eigenvalue weighted by Gasteiger charge is -2.01. The Morgan fingerprint density at radius 3 is 2.79 bits per heavy atom. The van der Waals surface area contributed by atoms with Crippen LogP contribution in [0.2, 0.25) is 0 Å². The van der Waals surface area contributed by atoms with E-state index in [-0.39, 0.29) is 5.56 Å². The van der Waals surface area contributed by atoms with Crippen LogP contribution in [0.25, 0.3) is 20.7 Å². The Morgan fingerprint density at radius 1 is 1.21 bits per heavy atom. The van der Waals surface area contributed by atoms with Crippen LogP contribution in [0.4, 0.5) is 0 Å². The van der Waals surface area contributed by atoms with Gasteiger partial charge in [-0.15, -0.1) is 11.3 Å². The monoisotopic (exact) mass is 337 g/mol. The van der Waals surface area contributed by atoms with Crippen molar-refractivity contribution < 1.29 is 4.42 Å². The lowest BCUT2D eigenvalue weighted by Crippen LogP contribution is -2.20. The molecule has 24 heavy (non-hydrogen) atoms. The molecule has 4 aromatic rings. The summed E-state index contributed by atoms with van der Waals surface area (Å²) < 4.78 is 7.78. The molecule has 0 N–H and O–H groups in total. The minimum absolute atomic E-state index is 0.0663. The number of hydrogen-bond acceptors (Lipinski definition) is 5. The molecule has 0 atom stereocenters. The normalized spacial score (nSPS) is 11.2. The van der Waals surface area contributed by atoms with Gasteiger partial charge in [0, 0.05) is 11.3 Å². The highest BCUT2D eigenvalue weighted by Gasteiger charge is 2.12. The molecule has 3 aromatic heterocycles. The summed E-state index contributed by atoms with van der Waals surface area (Å²) in [7, 11) is 0. The summed E-state index contributed by atoms with van der Waals surface area (Å²) in [6, 6.07) is 12.0. The number of aromatic nitrogens is 3. The fourth-order valence-electron chi connectivity index (χ4n) is 2.53. The highest BCUT2D eigenvalue weighted by molar-refractivity contribution is 7.22. The van der Waals surface area contributed by atoms with Gasteiger partial charge in [0.15, 0.2) is 0 Å². The number of fused-ring (bicyclic) bond motifs is 1. The zero-order valence-electron chi connectivity index (χ0n) is 13.1. The highest BCUT2D eigenvalue weighted by Crippen LogP contribution is 2.30. The Morgan fingerprint density at radius 2 is 2.04 bits per heavy atom. The van der Waals surface area contributed by atoms with Crippen LogP contribution in [0.1, 0.15) is 18.6 Å². The molecule has 6 heteroatoms. The van der Waals surface area contributed by atoms with Crippen molar-refractivity contribution in [3.8, 4) is 10.4 Å². The number of oxazole rings is 1. The largest absolute Gasteiger partial charge is 0.444 e. The van der Waals surface area contributed by atoms with Crippen molar-refractivity contribution in [2.45, 2.75) is 19.9 Å². The molecule has 0 fully saturated rings. The van der Waals surface area contributed by atoms with Gasteiger partial charge < -0.3 is 4.42 Å². The summed E-state index contributed by atoms with van der Waals surface area (Å²) in [5.74, 6) is 1.34. The Labute approximate surface area is 142 Å². The first kappa shape index (κ1) is 14.8. The molecule has 0 aliphatic heterocycles. The molecular formula is C18H15N3O2S. The van der Waals surface area contributed by atoms with Gasteiger partial charge in [-0.05, 0) is 11.6 Å². The fraction of sp³-hybridized carbons (Fsp3) is 0.167. The van der Waals surface area contributed by atoms with Crippen molar-refractivity contribution in [2.24, 2.45) is 0 Å². The van der Waals surface area contributed by atoms with E-state index in [9.17, 15) is 4.79 Å². The number of rotatable bonds is 4. The Hall–Kier alpha value is -2.73. The smallest absolute Gasteiger partial charge is 0.271 e. The first-order valence-electron chi connectivity index (χ1n) is 7.72. The average molecular weight is 337 g/mol.